The Morgan fingerprint density at radius 3 is 1.86 bits per heavy atom. The third kappa shape index (κ3) is 5.61. The van der Waals surface area contributed by atoms with Crippen LogP contribution in [0.4, 0.5) is 0 Å². The third-order valence-electron chi connectivity index (χ3n) is 2.52. The molecule has 0 N–H and O–H groups in total. The highest BCUT2D eigenvalue weighted by Gasteiger charge is 1.96. The highest BCUT2D eigenvalue weighted by Crippen LogP contribution is 2.20. The Labute approximate surface area is 147 Å². The molecule has 2 nitrogen and oxygen atoms in total. The molecule has 0 bridgehead atoms. The molecule has 0 aliphatic heterocycles. The Bertz CT molecular complexity index is 688. The summed E-state index contributed by atoms with van der Waals surface area (Å²) in [7, 11) is 0. The van der Waals surface area contributed by atoms with Crippen molar-refractivity contribution in [2.75, 3.05) is 0 Å². The normalized spacial score (nSPS) is 9.67. The van der Waals surface area contributed by atoms with Crippen LogP contribution >= 0.6 is 45.8 Å². The second-order valence-electron chi connectivity index (χ2n) is 4.03. The van der Waals surface area contributed by atoms with Crippen LogP contribution < -0.4 is 0 Å². The molecule has 0 saturated heterocycles. The van der Waals surface area contributed by atoms with E-state index in [4.69, 9.17) is 23.2 Å². The van der Waals surface area contributed by atoms with Crippen molar-refractivity contribution in [3.63, 3.8) is 0 Å². The van der Waals surface area contributed by atoms with Crippen LogP contribution in [0.5, 0.6) is 0 Å². The number of pyridine rings is 2. The number of rotatable bonds is 1. The van der Waals surface area contributed by atoms with E-state index in [1.54, 1.807) is 12.4 Å². The lowest BCUT2D eigenvalue weighted by atomic mass is 10.1. The molecule has 0 spiro atoms. The van der Waals surface area contributed by atoms with Gasteiger partial charge in [-0.2, -0.15) is 0 Å². The summed E-state index contributed by atoms with van der Waals surface area (Å²) >= 11 is 13.5. The van der Waals surface area contributed by atoms with Crippen molar-refractivity contribution in [1.29, 1.82) is 0 Å². The first kappa shape index (κ1) is 16.2. The lowest BCUT2D eigenvalue weighted by Crippen LogP contribution is -1.78. The van der Waals surface area contributed by atoms with E-state index in [0.717, 1.165) is 14.7 Å². The summed E-state index contributed by atoms with van der Waals surface area (Å²) in [4.78, 5) is 7.73. The maximum atomic E-state index is 5.78. The van der Waals surface area contributed by atoms with Gasteiger partial charge in [0.05, 0.1) is 0 Å². The lowest BCUT2D eigenvalue weighted by molar-refractivity contribution is 1.32. The molecule has 0 fully saturated rings. The number of hydrogen-bond acceptors (Lipinski definition) is 2. The number of halogens is 3. The predicted molar refractivity (Wildman–Crippen MR) is 96.6 cm³/mol. The molecule has 3 aromatic rings. The number of hydrogen-bond donors (Lipinski definition) is 0. The zero-order chi connectivity index (χ0) is 15.1. The predicted octanol–water partition coefficient (Wildman–Crippen LogP) is 5.74. The molecular weight excluding hydrogens is 418 g/mol. The van der Waals surface area contributed by atoms with E-state index < -0.39 is 0 Å². The Morgan fingerprint density at radius 1 is 0.714 bits per heavy atom. The number of aromatic nitrogens is 2. The minimum Gasteiger partial charge on any atom is -0.245 e. The van der Waals surface area contributed by atoms with Gasteiger partial charge in [0.1, 0.15) is 10.3 Å². The Balaban J connectivity index is 0.000000173. The van der Waals surface area contributed by atoms with Gasteiger partial charge in [-0.15, -0.1) is 0 Å². The molecule has 106 valence electrons. The Morgan fingerprint density at radius 2 is 1.33 bits per heavy atom. The van der Waals surface area contributed by atoms with Crippen molar-refractivity contribution in [2.45, 2.75) is 0 Å². The molecule has 0 radical (unpaired) electrons. The van der Waals surface area contributed by atoms with Gasteiger partial charge < -0.3 is 0 Å². The van der Waals surface area contributed by atoms with Crippen molar-refractivity contribution < 1.29 is 0 Å². The molecule has 0 saturated carbocycles. The van der Waals surface area contributed by atoms with Crippen molar-refractivity contribution in [1.82, 2.24) is 9.97 Å². The first-order valence-electron chi connectivity index (χ1n) is 6.09. The maximum Gasteiger partial charge on any atom is 0.130 e. The summed E-state index contributed by atoms with van der Waals surface area (Å²) in [5, 5.41) is 1.08. The summed E-state index contributed by atoms with van der Waals surface area (Å²) in [5.41, 5.74) is 2.26. The quantitative estimate of drug-likeness (QED) is 0.364. The van der Waals surface area contributed by atoms with Crippen molar-refractivity contribution in [3.8, 4) is 11.1 Å². The van der Waals surface area contributed by atoms with Gasteiger partial charge in [-0.1, -0.05) is 53.5 Å². The fourth-order valence-corrected chi connectivity index (χ4v) is 2.58. The zero-order valence-corrected chi connectivity index (χ0v) is 14.5. The van der Waals surface area contributed by atoms with Crippen LogP contribution in [0.3, 0.4) is 0 Å². The van der Waals surface area contributed by atoms with Gasteiger partial charge in [0, 0.05) is 16.0 Å². The number of benzene rings is 1. The van der Waals surface area contributed by atoms with Crippen LogP contribution in [0.15, 0.2) is 67.0 Å². The van der Waals surface area contributed by atoms with Gasteiger partial charge in [-0.3, -0.25) is 0 Å². The summed E-state index contributed by atoms with van der Waals surface area (Å²) in [6, 6.07) is 17.6. The minimum atomic E-state index is 0.529. The summed E-state index contributed by atoms with van der Waals surface area (Å²) in [6.45, 7) is 0. The van der Waals surface area contributed by atoms with Crippen LogP contribution in [0.25, 0.3) is 11.1 Å². The van der Waals surface area contributed by atoms with Crippen LogP contribution in [0.2, 0.25) is 10.3 Å². The van der Waals surface area contributed by atoms with E-state index in [1.807, 2.05) is 54.6 Å². The standard InChI is InChI=1S/C11H8ClN.C5H3ClIN/c12-11-8-10(6-7-13-11)9-4-2-1-3-5-9;6-5-3-4(7)1-2-8-5/h1-8H;1-3H. The second-order valence-corrected chi connectivity index (χ2v) is 6.05. The molecule has 0 aliphatic carbocycles. The molecule has 0 unspecified atom stereocenters. The van der Waals surface area contributed by atoms with Crippen molar-refractivity contribution in [3.05, 3.63) is 80.9 Å². The molecule has 5 heteroatoms. The van der Waals surface area contributed by atoms with E-state index in [2.05, 4.69) is 32.6 Å². The van der Waals surface area contributed by atoms with Crippen LogP contribution in [0.1, 0.15) is 0 Å². The van der Waals surface area contributed by atoms with Gasteiger partial charge in [0.25, 0.3) is 0 Å². The summed E-state index contributed by atoms with van der Waals surface area (Å²) in [5.74, 6) is 0. The maximum absolute atomic E-state index is 5.78. The van der Waals surface area contributed by atoms with Crippen molar-refractivity contribution >= 4 is 45.8 Å². The molecule has 0 aliphatic rings. The van der Waals surface area contributed by atoms with Gasteiger partial charge in [0.15, 0.2) is 0 Å². The van der Waals surface area contributed by atoms with Crippen LogP contribution in [0, 0.1) is 3.57 Å². The first-order valence-corrected chi connectivity index (χ1v) is 7.92. The average Bonchev–Trinajstić information content (AvgIpc) is 2.49. The molecule has 0 amide bonds. The summed E-state index contributed by atoms with van der Waals surface area (Å²) < 4.78 is 1.11. The first-order chi connectivity index (χ1) is 10.1. The summed E-state index contributed by atoms with van der Waals surface area (Å²) in [6.07, 6.45) is 3.40. The highest BCUT2D eigenvalue weighted by atomic mass is 127. The van der Waals surface area contributed by atoms with Gasteiger partial charge in [-0.25, -0.2) is 9.97 Å². The van der Waals surface area contributed by atoms with Crippen molar-refractivity contribution in [2.24, 2.45) is 0 Å². The third-order valence-corrected chi connectivity index (χ3v) is 3.61. The minimum absolute atomic E-state index is 0.529. The monoisotopic (exact) mass is 428 g/mol. The molecule has 21 heavy (non-hydrogen) atoms. The van der Waals surface area contributed by atoms with E-state index >= 15 is 0 Å². The van der Waals surface area contributed by atoms with Gasteiger partial charge >= 0.3 is 0 Å². The molecule has 2 heterocycles. The smallest absolute Gasteiger partial charge is 0.130 e. The Hall–Kier alpha value is -1.17. The average molecular weight is 429 g/mol. The largest absolute Gasteiger partial charge is 0.245 e. The van der Waals surface area contributed by atoms with E-state index in [9.17, 15) is 0 Å². The fraction of sp³-hybridized carbons (Fsp3) is 0. The van der Waals surface area contributed by atoms with E-state index in [1.165, 1.54) is 0 Å². The zero-order valence-electron chi connectivity index (χ0n) is 10.9. The second kappa shape index (κ2) is 8.32. The number of nitrogens with zero attached hydrogens (tertiary/aromatic N) is 2. The van der Waals surface area contributed by atoms with E-state index in [0.29, 0.717) is 10.3 Å². The van der Waals surface area contributed by atoms with Crippen LogP contribution in [-0.4, -0.2) is 9.97 Å². The van der Waals surface area contributed by atoms with E-state index in [-0.39, 0.29) is 0 Å². The highest BCUT2D eigenvalue weighted by molar-refractivity contribution is 14.1. The lowest BCUT2D eigenvalue weighted by Gasteiger charge is -1.99. The Kier molecular flexibility index (Phi) is 6.42. The van der Waals surface area contributed by atoms with Gasteiger partial charge in [-0.05, 0) is 58.0 Å². The molecule has 1 aromatic carbocycles. The molecule has 3 rings (SSSR count). The topological polar surface area (TPSA) is 25.8 Å². The molecular formula is C16H11Cl2IN2. The van der Waals surface area contributed by atoms with Gasteiger partial charge in [0.2, 0.25) is 0 Å². The molecule has 2 aromatic heterocycles. The fourth-order valence-electron chi connectivity index (χ4n) is 1.59. The molecule has 0 atom stereocenters. The SMILES string of the molecule is Clc1cc(-c2ccccc2)ccn1.Clc1cc(I)ccn1. The van der Waals surface area contributed by atoms with Crippen LogP contribution in [-0.2, 0) is 0 Å².